The van der Waals surface area contributed by atoms with E-state index in [1.807, 2.05) is 51.1 Å². The van der Waals surface area contributed by atoms with Crippen LogP contribution in [0.5, 0.6) is 0 Å². The highest BCUT2D eigenvalue weighted by Gasteiger charge is 2.24. The zero-order chi connectivity index (χ0) is 21.2. The summed E-state index contributed by atoms with van der Waals surface area (Å²) in [5.74, 6) is -0.891. The van der Waals surface area contributed by atoms with Crippen molar-refractivity contribution in [1.82, 2.24) is 10.6 Å². The van der Waals surface area contributed by atoms with E-state index < -0.39 is 18.0 Å². The molecule has 0 unspecified atom stereocenters. The van der Waals surface area contributed by atoms with E-state index in [9.17, 15) is 14.4 Å². The summed E-state index contributed by atoms with van der Waals surface area (Å²) in [5.41, 5.74) is 2.38. The Hall–Kier alpha value is -3.35. The van der Waals surface area contributed by atoms with Crippen LogP contribution in [0, 0.1) is 5.92 Å². The van der Waals surface area contributed by atoms with Gasteiger partial charge in [0.15, 0.2) is 0 Å². The fourth-order valence-electron chi connectivity index (χ4n) is 2.79. The zero-order valence-electron chi connectivity index (χ0n) is 17.0. The molecule has 0 spiro atoms. The number of amides is 4. The monoisotopic (exact) mass is 396 g/mol. The zero-order valence-corrected chi connectivity index (χ0v) is 17.0. The topological polar surface area (TPSA) is 99.3 Å². The van der Waals surface area contributed by atoms with E-state index in [1.54, 1.807) is 24.3 Å². The number of nitrogens with one attached hydrogen (secondary N) is 4. The minimum Gasteiger partial charge on any atom is -0.345 e. The third-order valence-electron chi connectivity index (χ3n) is 4.36. The maximum Gasteiger partial charge on any atom is 0.319 e. The average Bonchev–Trinajstić information content (AvgIpc) is 2.71. The molecule has 0 bridgehead atoms. The molecule has 154 valence electrons. The molecule has 0 heterocycles. The largest absolute Gasteiger partial charge is 0.345 e. The van der Waals surface area contributed by atoms with Crippen LogP contribution in [-0.2, 0) is 16.0 Å². The lowest BCUT2D eigenvalue weighted by Gasteiger charge is -2.22. The highest BCUT2D eigenvalue weighted by Crippen LogP contribution is 2.15. The van der Waals surface area contributed by atoms with Crippen LogP contribution in [0.1, 0.15) is 26.3 Å². The summed E-state index contributed by atoms with van der Waals surface area (Å²) in [6.07, 6.45) is 0.790. The van der Waals surface area contributed by atoms with E-state index in [0.717, 1.165) is 17.7 Å². The van der Waals surface area contributed by atoms with Gasteiger partial charge in [-0.1, -0.05) is 57.2 Å². The van der Waals surface area contributed by atoms with Crippen molar-refractivity contribution in [1.29, 1.82) is 0 Å². The molecule has 0 saturated heterocycles. The fourth-order valence-corrected chi connectivity index (χ4v) is 2.79. The minimum atomic E-state index is -0.769. The van der Waals surface area contributed by atoms with Gasteiger partial charge in [-0.15, -0.1) is 0 Å². The van der Waals surface area contributed by atoms with E-state index in [1.165, 1.54) is 0 Å². The van der Waals surface area contributed by atoms with Crippen molar-refractivity contribution in [3.63, 3.8) is 0 Å². The highest BCUT2D eigenvalue weighted by molar-refractivity contribution is 5.97. The highest BCUT2D eigenvalue weighted by atomic mass is 16.2. The SMILES string of the molecule is CCc1ccccc1NC(=O)CNC(=O)[C@H](NC(=O)Nc1ccccc1)C(C)C. The van der Waals surface area contributed by atoms with Crippen molar-refractivity contribution in [2.45, 2.75) is 33.2 Å². The van der Waals surface area contributed by atoms with E-state index in [0.29, 0.717) is 5.69 Å². The average molecular weight is 396 g/mol. The van der Waals surface area contributed by atoms with E-state index in [2.05, 4.69) is 21.3 Å². The van der Waals surface area contributed by atoms with Gasteiger partial charge in [0.1, 0.15) is 6.04 Å². The van der Waals surface area contributed by atoms with Crippen LogP contribution in [0.4, 0.5) is 16.2 Å². The van der Waals surface area contributed by atoms with E-state index in [-0.39, 0.29) is 18.4 Å². The summed E-state index contributed by atoms with van der Waals surface area (Å²) in [6.45, 7) is 5.48. The van der Waals surface area contributed by atoms with Gasteiger partial charge in [-0.05, 0) is 36.1 Å². The standard InChI is InChI=1S/C22H28N4O3/c1-4-16-10-8-9-13-18(16)25-19(27)14-23-21(28)20(15(2)3)26-22(29)24-17-11-6-5-7-12-17/h5-13,15,20H,4,14H2,1-3H3,(H,23,28)(H,25,27)(H2,24,26,29)/t20-/m1/s1. The maximum absolute atomic E-state index is 12.5. The molecule has 0 aromatic heterocycles. The molecule has 0 aliphatic heterocycles. The Kier molecular flexibility index (Phi) is 8.21. The van der Waals surface area contributed by atoms with E-state index >= 15 is 0 Å². The first-order chi connectivity index (χ1) is 13.9. The lowest BCUT2D eigenvalue weighted by atomic mass is 10.0. The lowest BCUT2D eigenvalue weighted by Crippen LogP contribution is -2.52. The first kappa shape index (κ1) is 21.9. The van der Waals surface area contributed by atoms with Gasteiger partial charge < -0.3 is 21.3 Å². The molecule has 2 rings (SSSR count). The number of aryl methyl sites for hydroxylation is 1. The van der Waals surface area contributed by atoms with Gasteiger partial charge in [-0.2, -0.15) is 0 Å². The molecule has 4 N–H and O–H groups in total. The van der Waals surface area contributed by atoms with Gasteiger partial charge in [0.25, 0.3) is 0 Å². The second-order valence-electron chi connectivity index (χ2n) is 6.96. The first-order valence-corrected chi connectivity index (χ1v) is 9.68. The Morgan fingerprint density at radius 1 is 0.897 bits per heavy atom. The summed E-state index contributed by atoms with van der Waals surface area (Å²) in [5, 5.41) is 10.7. The van der Waals surface area contributed by atoms with Crippen LogP contribution >= 0.6 is 0 Å². The third kappa shape index (κ3) is 6.95. The van der Waals surface area contributed by atoms with Gasteiger partial charge in [-0.3, -0.25) is 9.59 Å². The molecule has 29 heavy (non-hydrogen) atoms. The molecule has 1 atom stereocenters. The van der Waals surface area contributed by atoms with Crippen LogP contribution in [0.25, 0.3) is 0 Å². The van der Waals surface area contributed by atoms with Crippen LogP contribution in [0.3, 0.4) is 0 Å². The van der Waals surface area contributed by atoms with Crippen molar-refractivity contribution in [3.05, 3.63) is 60.2 Å². The van der Waals surface area contributed by atoms with Gasteiger partial charge in [0.05, 0.1) is 6.54 Å². The molecule has 0 aliphatic carbocycles. The summed E-state index contributed by atoms with van der Waals surface area (Å²) < 4.78 is 0. The number of carbonyl (C=O) groups is 3. The van der Waals surface area contributed by atoms with Crippen molar-refractivity contribution < 1.29 is 14.4 Å². The van der Waals surface area contributed by atoms with Crippen molar-refractivity contribution in [3.8, 4) is 0 Å². The Labute approximate surface area is 171 Å². The second kappa shape index (κ2) is 10.8. The molecule has 0 aliphatic rings. The smallest absolute Gasteiger partial charge is 0.319 e. The number of benzene rings is 2. The fraction of sp³-hybridized carbons (Fsp3) is 0.318. The number of anilines is 2. The van der Waals surface area contributed by atoms with Crippen molar-refractivity contribution in [2.75, 3.05) is 17.2 Å². The quantitative estimate of drug-likeness (QED) is 0.551. The Bertz CT molecular complexity index is 837. The van der Waals surface area contributed by atoms with Gasteiger partial charge >= 0.3 is 6.03 Å². The second-order valence-corrected chi connectivity index (χ2v) is 6.96. The van der Waals surface area contributed by atoms with Gasteiger partial charge in [0, 0.05) is 11.4 Å². The van der Waals surface area contributed by atoms with Crippen LogP contribution < -0.4 is 21.3 Å². The number of para-hydroxylation sites is 2. The number of hydrogen-bond donors (Lipinski definition) is 4. The number of rotatable bonds is 8. The first-order valence-electron chi connectivity index (χ1n) is 9.68. The molecular formula is C22H28N4O3. The number of hydrogen-bond acceptors (Lipinski definition) is 3. The molecule has 2 aromatic carbocycles. The maximum atomic E-state index is 12.5. The Balaban J connectivity index is 1.88. The Morgan fingerprint density at radius 3 is 2.21 bits per heavy atom. The predicted molar refractivity (Wildman–Crippen MR) is 115 cm³/mol. The summed E-state index contributed by atoms with van der Waals surface area (Å²) in [6, 6.07) is 15.2. The summed E-state index contributed by atoms with van der Waals surface area (Å²) >= 11 is 0. The minimum absolute atomic E-state index is 0.152. The van der Waals surface area contributed by atoms with Crippen LogP contribution in [0.15, 0.2) is 54.6 Å². The number of urea groups is 1. The molecule has 0 saturated carbocycles. The van der Waals surface area contributed by atoms with Crippen molar-refractivity contribution >= 4 is 29.2 Å². The molecule has 7 nitrogen and oxygen atoms in total. The number of carbonyl (C=O) groups excluding carboxylic acids is 3. The lowest BCUT2D eigenvalue weighted by molar-refractivity contribution is -0.126. The van der Waals surface area contributed by atoms with Crippen LogP contribution in [0.2, 0.25) is 0 Å². The molecule has 4 amide bonds. The van der Waals surface area contributed by atoms with Gasteiger partial charge in [0.2, 0.25) is 11.8 Å². The third-order valence-corrected chi connectivity index (χ3v) is 4.36. The van der Waals surface area contributed by atoms with E-state index in [4.69, 9.17) is 0 Å². The van der Waals surface area contributed by atoms with Crippen LogP contribution in [-0.4, -0.2) is 30.4 Å². The molecule has 7 heteroatoms. The molecule has 2 aromatic rings. The molecular weight excluding hydrogens is 368 g/mol. The van der Waals surface area contributed by atoms with Crippen molar-refractivity contribution in [2.24, 2.45) is 5.92 Å². The molecule has 0 fully saturated rings. The Morgan fingerprint density at radius 2 is 1.55 bits per heavy atom. The normalized spacial score (nSPS) is 11.4. The molecule has 0 radical (unpaired) electrons. The summed E-state index contributed by atoms with van der Waals surface area (Å²) in [4.78, 5) is 36.9. The van der Waals surface area contributed by atoms with Gasteiger partial charge in [-0.25, -0.2) is 4.79 Å². The summed E-state index contributed by atoms with van der Waals surface area (Å²) in [7, 11) is 0. The predicted octanol–water partition coefficient (Wildman–Crippen LogP) is 3.15.